The fraction of sp³-hybridized carbons (Fsp3) is 0.429. The lowest BCUT2D eigenvalue weighted by Crippen LogP contribution is -2.33. The third-order valence-electron chi connectivity index (χ3n) is 5.54. The summed E-state index contributed by atoms with van der Waals surface area (Å²) in [5, 5.41) is 0. The largest absolute Gasteiger partial charge is 0.365 e. The van der Waals surface area contributed by atoms with E-state index in [9.17, 15) is 9.18 Å². The second-order valence-electron chi connectivity index (χ2n) is 7.39. The normalized spacial score (nSPS) is 17.6. The zero-order valence-corrected chi connectivity index (χ0v) is 15.5. The van der Waals surface area contributed by atoms with E-state index in [1.807, 2.05) is 18.2 Å². The molecule has 1 saturated heterocycles. The van der Waals surface area contributed by atoms with Crippen molar-refractivity contribution in [2.75, 3.05) is 31.1 Å². The SMILES string of the molecule is NC(=O)c1cc2c(nc1N1CCCN(Cc3ccccc3F)CC1)CCC2. The van der Waals surface area contributed by atoms with E-state index in [-0.39, 0.29) is 5.82 Å². The molecule has 0 atom stereocenters. The molecule has 1 aliphatic carbocycles. The summed E-state index contributed by atoms with van der Waals surface area (Å²) in [6, 6.07) is 8.87. The van der Waals surface area contributed by atoms with Crippen molar-refractivity contribution in [2.45, 2.75) is 32.2 Å². The van der Waals surface area contributed by atoms with Crippen LogP contribution < -0.4 is 10.6 Å². The Morgan fingerprint density at radius 3 is 2.78 bits per heavy atom. The Morgan fingerprint density at radius 2 is 1.96 bits per heavy atom. The van der Waals surface area contributed by atoms with Crippen molar-refractivity contribution in [1.29, 1.82) is 0 Å². The van der Waals surface area contributed by atoms with Crippen LogP contribution in [0.25, 0.3) is 0 Å². The number of nitrogens with zero attached hydrogens (tertiary/aromatic N) is 3. The summed E-state index contributed by atoms with van der Waals surface area (Å²) in [6.45, 7) is 3.86. The summed E-state index contributed by atoms with van der Waals surface area (Å²) in [7, 11) is 0. The minimum Gasteiger partial charge on any atom is -0.365 e. The molecule has 2 aromatic rings. The van der Waals surface area contributed by atoms with Crippen molar-refractivity contribution in [3.8, 4) is 0 Å². The summed E-state index contributed by atoms with van der Waals surface area (Å²) < 4.78 is 14.0. The van der Waals surface area contributed by atoms with Gasteiger partial charge in [0.2, 0.25) is 0 Å². The zero-order chi connectivity index (χ0) is 18.8. The molecule has 1 aromatic heterocycles. The highest BCUT2D eigenvalue weighted by Crippen LogP contribution is 2.28. The molecule has 142 valence electrons. The van der Waals surface area contributed by atoms with Crippen LogP contribution in [0, 0.1) is 5.82 Å². The standard InChI is InChI=1S/C21H25FN4O/c22-18-7-2-1-5-16(18)14-25-9-4-10-26(12-11-25)21-17(20(23)27)13-15-6-3-8-19(15)24-21/h1-2,5,7,13H,3-4,6,8-12,14H2,(H2,23,27). The van der Waals surface area contributed by atoms with Gasteiger partial charge in [-0.15, -0.1) is 0 Å². The van der Waals surface area contributed by atoms with Crippen LogP contribution in [-0.4, -0.2) is 42.0 Å². The lowest BCUT2D eigenvalue weighted by Gasteiger charge is -2.25. The first-order valence-corrected chi connectivity index (χ1v) is 9.65. The number of halogens is 1. The number of carbonyl (C=O) groups excluding carboxylic acids is 1. The molecule has 1 fully saturated rings. The lowest BCUT2D eigenvalue weighted by atomic mass is 10.1. The molecule has 0 spiro atoms. The van der Waals surface area contributed by atoms with Gasteiger partial charge in [-0.05, 0) is 43.4 Å². The number of primary amides is 1. The Kier molecular flexibility index (Phi) is 5.07. The third-order valence-corrected chi connectivity index (χ3v) is 5.54. The molecule has 2 N–H and O–H groups in total. The Hall–Kier alpha value is -2.47. The predicted molar refractivity (Wildman–Crippen MR) is 103 cm³/mol. The van der Waals surface area contributed by atoms with E-state index in [1.54, 1.807) is 6.07 Å². The molecule has 0 bridgehead atoms. The van der Waals surface area contributed by atoms with E-state index in [0.29, 0.717) is 12.1 Å². The van der Waals surface area contributed by atoms with E-state index in [1.165, 1.54) is 6.07 Å². The number of anilines is 1. The van der Waals surface area contributed by atoms with Crippen molar-refractivity contribution in [1.82, 2.24) is 9.88 Å². The number of aromatic nitrogens is 1. The Balaban J connectivity index is 1.52. The van der Waals surface area contributed by atoms with E-state index < -0.39 is 5.91 Å². The maximum atomic E-state index is 14.0. The van der Waals surface area contributed by atoms with Gasteiger partial charge in [0.15, 0.2) is 0 Å². The maximum absolute atomic E-state index is 14.0. The first-order valence-electron chi connectivity index (χ1n) is 9.65. The van der Waals surface area contributed by atoms with Crippen molar-refractivity contribution in [2.24, 2.45) is 5.73 Å². The molecule has 1 amide bonds. The quantitative estimate of drug-likeness (QED) is 0.901. The summed E-state index contributed by atoms with van der Waals surface area (Å²) in [5.41, 5.74) is 9.15. The van der Waals surface area contributed by atoms with Crippen LogP contribution in [0.1, 0.15) is 40.0 Å². The molecule has 6 heteroatoms. The van der Waals surface area contributed by atoms with Gasteiger partial charge >= 0.3 is 0 Å². The summed E-state index contributed by atoms with van der Waals surface area (Å²) in [5.74, 6) is 0.144. The molecule has 1 aromatic carbocycles. The molecule has 5 nitrogen and oxygen atoms in total. The molecule has 2 aliphatic rings. The van der Waals surface area contributed by atoms with Crippen molar-refractivity contribution >= 4 is 11.7 Å². The number of benzene rings is 1. The second kappa shape index (κ2) is 7.64. The van der Waals surface area contributed by atoms with Gasteiger partial charge in [-0.3, -0.25) is 9.69 Å². The minimum absolute atomic E-state index is 0.157. The third kappa shape index (κ3) is 3.81. The number of pyridine rings is 1. The number of aryl methyl sites for hydroxylation is 2. The second-order valence-corrected chi connectivity index (χ2v) is 7.39. The number of fused-ring (bicyclic) bond motifs is 1. The predicted octanol–water partition coefficient (Wildman–Crippen LogP) is 2.52. The average molecular weight is 368 g/mol. The number of hydrogen-bond acceptors (Lipinski definition) is 4. The van der Waals surface area contributed by atoms with Crippen molar-refractivity contribution < 1.29 is 9.18 Å². The number of hydrogen-bond donors (Lipinski definition) is 1. The lowest BCUT2D eigenvalue weighted by molar-refractivity contribution is 0.100. The summed E-state index contributed by atoms with van der Waals surface area (Å²) >= 11 is 0. The molecular formula is C21H25FN4O. The first-order chi connectivity index (χ1) is 13.1. The minimum atomic E-state index is -0.417. The van der Waals surface area contributed by atoms with Crippen LogP contribution >= 0.6 is 0 Å². The number of nitrogens with two attached hydrogens (primary N) is 1. The highest BCUT2D eigenvalue weighted by atomic mass is 19.1. The molecule has 0 radical (unpaired) electrons. The maximum Gasteiger partial charge on any atom is 0.252 e. The number of rotatable bonds is 4. The summed E-state index contributed by atoms with van der Waals surface area (Å²) in [4.78, 5) is 21.2. The molecular weight excluding hydrogens is 343 g/mol. The fourth-order valence-electron chi connectivity index (χ4n) is 4.09. The smallest absolute Gasteiger partial charge is 0.252 e. The van der Waals surface area contributed by atoms with Gasteiger partial charge in [-0.1, -0.05) is 18.2 Å². The van der Waals surface area contributed by atoms with Crippen LogP contribution in [0.15, 0.2) is 30.3 Å². The van der Waals surface area contributed by atoms with E-state index in [2.05, 4.69) is 9.80 Å². The van der Waals surface area contributed by atoms with Crippen LogP contribution in [-0.2, 0) is 19.4 Å². The van der Waals surface area contributed by atoms with Gasteiger partial charge in [0.1, 0.15) is 11.6 Å². The van der Waals surface area contributed by atoms with Gasteiger partial charge in [0.25, 0.3) is 5.91 Å². The molecule has 2 heterocycles. The zero-order valence-electron chi connectivity index (χ0n) is 15.5. The van der Waals surface area contributed by atoms with E-state index in [4.69, 9.17) is 10.7 Å². The summed E-state index contributed by atoms with van der Waals surface area (Å²) in [6.07, 6.45) is 3.96. The molecule has 0 saturated carbocycles. The highest BCUT2D eigenvalue weighted by Gasteiger charge is 2.24. The fourth-order valence-corrected chi connectivity index (χ4v) is 4.09. The van der Waals surface area contributed by atoms with Crippen LogP contribution in [0.3, 0.4) is 0 Å². The topological polar surface area (TPSA) is 62.5 Å². The van der Waals surface area contributed by atoms with Crippen LogP contribution in [0.5, 0.6) is 0 Å². The van der Waals surface area contributed by atoms with E-state index in [0.717, 1.165) is 74.5 Å². The molecule has 27 heavy (non-hydrogen) atoms. The Morgan fingerprint density at radius 1 is 1.11 bits per heavy atom. The van der Waals surface area contributed by atoms with Gasteiger partial charge in [-0.25, -0.2) is 9.37 Å². The first kappa shape index (κ1) is 17.9. The molecule has 1 aliphatic heterocycles. The van der Waals surface area contributed by atoms with Gasteiger partial charge in [0, 0.05) is 44.0 Å². The van der Waals surface area contributed by atoms with Crippen molar-refractivity contribution in [3.63, 3.8) is 0 Å². The highest BCUT2D eigenvalue weighted by molar-refractivity contribution is 5.98. The van der Waals surface area contributed by atoms with Crippen molar-refractivity contribution in [3.05, 3.63) is 58.5 Å². The van der Waals surface area contributed by atoms with Crippen LogP contribution in [0.4, 0.5) is 10.2 Å². The molecule has 0 unspecified atom stereocenters. The Labute approximate surface area is 159 Å². The van der Waals surface area contributed by atoms with E-state index >= 15 is 0 Å². The monoisotopic (exact) mass is 368 g/mol. The number of amides is 1. The number of carbonyl (C=O) groups is 1. The Bertz CT molecular complexity index is 854. The van der Waals surface area contributed by atoms with Gasteiger partial charge in [-0.2, -0.15) is 0 Å². The van der Waals surface area contributed by atoms with Gasteiger partial charge < -0.3 is 10.6 Å². The average Bonchev–Trinajstić information content (AvgIpc) is 3.00. The van der Waals surface area contributed by atoms with Gasteiger partial charge in [0.05, 0.1) is 5.56 Å². The van der Waals surface area contributed by atoms with Crippen LogP contribution in [0.2, 0.25) is 0 Å². The molecule has 4 rings (SSSR count).